The van der Waals surface area contributed by atoms with Crippen LogP contribution in [0, 0.1) is 5.92 Å². The van der Waals surface area contributed by atoms with E-state index >= 15 is 0 Å². The van der Waals surface area contributed by atoms with Crippen LogP contribution in [0.4, 0.5) is 0 Å². The number of aldehydes is 1. The molecule has 0 bridgehead atoms. The normalized spacial score (nSPS) is 15.4. The lowest BCUT2D eigenvalue weighted by atomic mass is 10.1. The predicted molar refractivity (Wildman–Crippen MR) is 48.9 cm³/mol. The van der Waals surface area contributed by atoms with Gasteiger partial charge in [-0.15, -0.1) is 0 Å². The Hall–Kier alpha value is -1.44. The fourth-order valence-electron chi connectivity index (χ4n) is 1.35. The molecule has 2 rings (SSSR count). The van der Waals surface area contributed by atoms with Crippen molar-refractivity contribution in [3.8, 4) is 0 Å². The van der Waals surface area contributed by atoms with E-state index in [2.05, 4.69) is 0 Å². The maximum atomic E-state index is 11.6. The Morgan fingerprint density at radius 1 is 1.38 bits per heavy atom. The molecule has 0 amide bonds. The van der Waals surface area contributed by atoms with Crippen LogP contribution in [0.25, 0.3) is 0 Å². The van der Waals surface area contributed by atoms with E-state index in [1.165, 1.54) is 0 Å². The number of ketones is 1. The summed E-state index contributed by atoms with van der Waals surface area (Å²) in [4.78, 5) is 22.0. The molecular weight excluding hydrogens is 164 g/mol. The fourth-order valence-corrected chi connectivity index (χ4v) is 1.35. The predicted octanol–water partition coefficient (Wildman–Crippen LogP) is 2.09. The topological polar surface area (TPSA) is 34.1 Å². The summed E-state index contributed by atoms with van der Waals surface area (Å²) in [5.74, 6) is 0.408. The smallest absolute Gasteiger partial charge is 0.165 e. The Labute approximate surface area is 76.6 Å². The first kappa shape index (κ1) is 8.17. The van der Waals surface area contributed by atoms with Crippen molar-refractivity contribution in [3.05, 3.63) is 35.4 Å². The molecule has 1 aliphatic carbocycles. The Morgan fingerprint density at radius 2 is 2.15 bits per heavy atom. The first-order chi connectivity index (χ1) is 6.31. The lowest BCUT2D eigenvalue weighted by Gasteiger charge is -1.98. The number of benzene rings is 1. The van der Waals surface area contributed by atoms with Crippen LogP contribution in [0.1, 0.15) is 33.6 Å². The molecular formula is C11H10O2. The highest BCUT2D eigenvalue weighted by Gasteiger charge is 2.30. The lowest BCUT2D eigenvalue weighted by Crippen LogP contribution is -2.01. The third-order valence-corrected chi connectivity index (χ3v) is 2.26. The van der Waals surface area contributed by atoms with Gasteiger partial charge in [0.05, 0.1) is 0 Å². The largest absolute Gasteiger partial charge is 0.298 e. The van der Waals surface area contributed by atoms with Gasteiger partial charge in [-0.25, -0.2) is 0 Å². The van der Waals surface area contributed by atoms with E-state index in [1.807, 2.05) is 0 Å². The molecule has 0 heterocycles. The Balaban J connectivity index is 2.28. The van der Waals surface area contributed by atoms with E-state index in [4.69, 9.17) is 0 Å². The van der Waals surface area contributed by atoms with Gasteiger partial charge in [-0.3, -0.25) is 9.59 Å². The molecule has 0 N–H and O–H groups in total. The molecule has 13 heavy (non-hydrogen) atoms. The van der Waals surface area contributed by atoms with E-state index in [0.717, 1.165) is 19.1 Å². The molecule has 2 heteroatoms. The first-order valence-corrected chi connectivity index (χ1v) is 4.41. The summed E-state index contributed by atoms with van der Waals surface area (Å²) in [6, 6.07) is 6.89. The van der Waals surface area contributed by atoms with E-state index in [-0.39, 0.29) is 11.7 Å². The number of rotatable bonds is 3. The second-order valence-electron chi connectivity index (χ2n) is 3.38. The van der Waals surface area contributed by atoms with Crippen LogP contribution in [0.15, 0.2) is 24.3 Å². The molecule has 0 aromatic heterocycles. The monoisotopic (exact) mass is 174 g/mol. The maximum Gasteiger partial charge on any atom is 0.165 e. The van der Waals surface area contributed by atoms with Crippen LogP contribution in [0.3, 0.4) is 0 Å². The Kier molecular flexibility index (Phi) is 1.97. The van der Waals surface area contributed by atoms with Gasteiger partial charge in [0.1, 0.15) is 6.29 Å². The van der Waals surface area contributed by atoms with Crippen LogP contribution < -0.4 is 0 Å². The summed E-state index contributed by atoms with van der Waals surface area (Å²) in [6.45, 7) is 0. The van der Waals surface area contributed by atoms with Crippen LogP contribution >= 0.6 is 0 Å². The first-order valence-electron chi connectivity index (χ1n) is 4.41. The van der Waals surface area contributed by atoms with E-state index in [1.54, 1.807) is 24.3 Å². The SMILES string of the molecule is O=Cc1cccc(C(=O)C2CC2)c1. The third kappa shape index (κ3) is 1.66. The zero-order chi connectivity index (χ0) is 9.26. The molecule has 66 valence electrons. The number of carbonyl (C=O) groups excluding carboxylic acids is 2. The summed E-state index contributed by atoms with van der Waals surface area (Å²) in [7, 11) is 0. The van der Waals surface area contributed by atoms with Crippen molar-refractivity contribution < 1.29 is 9.59 Å². The Morgan fingerprint density at radius 3 is 2.77 bits per heavy atom. The number of Topliss-reactive ketones (excluding diaryl/α,β-unsaturated/α-hetero) is 1. The van der Waals surface area contributed by atoms with Crippen molar-refractivity contribution in [1.29, 1.82) is 0 Å². The summed E-state index contributed by atoms with van der Waals surface area (Å²) in [5.41, 5.74) is 1.25. The summed E-state index contributed by atoms with van der Waals surface area (Å²) >= 11 is 0. The van der Waals surface area contributed by atoms with Gasteiger partial charge >= 0.3 is 0 Å². The van der Waals surface area contributed by atoms with Crippen LogP contribution in [0.2, 0.25) is 0 Å². The number of hydrogen-bond donors (Lipinski definition) is 0. The van der Waals surface area contributed by atoms with Gasteiger partial charge in [0.2, 0.25) is 0 Å². The fraction of sp³-hybridized carbons (Fsp3) is 0.273. The third-order valence-electron chi connectivity index (χ3n) is 2.26. The van der Waals surface area contributed by atoms with Crippen molar-refractivity contribution in [2.24, 2.45) is 5.92 Å². The van der Waals surface area contributed by atoms with E-state index in [9.17, 15) is 9.59 Å². The van der Waals surface area contributed by atoms with Gasteiger partial charge < -0.3 is 0 Å². The molecule has 0 radical (unpaired) electrons. The van der Waals surface area contributed by atoms with Crippen molar-refractivity contribution >= 4 is 12.1 Å². The Bertz CT molecular complexity index is 351. The molecule has 0 saturated heterocycles. The molecule has 1 aromatic carbocycles. The van der Waals surface area contributed by atoms with Crippen LogP contribution in [-0.2, 0) is 0 Å². The van der Waals surface area contributed by atoms with E-state index < -0.39 is 0 Å². The average Bonchev–Trinajstić information content (AvgIpc) is 3.00. The zero-order valence-corrected chi connectivity index (χ0v) is 7.19. The maximum absolute atomic E-state index is 11.6. The van der Waals surface area contributed by atoms with Crippen molar-refractivity contribution in [2.45, 2.75) is 12.8 Å². The highest BCUT2D eigenvalue weighted by atomic mass is 16.1. The van der Waals surface area contributed by atoms with Gasteiger partial charge in [-0.05, 0) is 18.9 Å². The summed E-state index contributed by atoms with van der Waals surface area (Å²) in [6.07, 6.45) is 2.78. The zero-order valence-electron chi connectivity index (χ0n) is 7.19. The van der Waals surface area contributed by atoms with E-state index in [0.29, 0.717) is 11.1 Å². The van der Waals surface area contributed by atoms with Gasteiger partial charge in [0.15, 0.2) is 5.78 Å². The standard InChI is InChI=1S/C11H10O2/c12-7-8-2-1-3-10(6-8)11(13)9-4-5-9/h1-3,6-7,9H,4-5H2. The van der Waals surface area contributed by atoms with Crippen molar-refractivity contribution in [1.82, 2.24) is 0 Å². The molecule has 0 spiro atoms. The van der Waals surface area contributed by atoms with Crippen LogP contribution in [0.5, 0.6) is 0 Å². The van der Waals surface area contributed by atoms with Crippen LogP contribution in [-0.4, -0.2) is 12.1 Å². The average molecular weight is 174 g/mol. The minimum Gasteiger partial charge on any atom is -0.298 e. The van der Waals surface area contributed by atoms with Crippen molar-refractivity contribution in [3.63, 3.8) is 0 Å². The number of carbonyl (C=O) groups is 2. The van der Waals surface area contributed by atoms with Crippen molar-refractivity contribution in [2.75, 3.05) is 0 Å². The molecule has 0 aliphatic heterocycles. The van der Waals surface area contributed by atoms with Gasteiger partial charge in [-0.2, -0.15) is 0 Å². The molecule has 1 aliphatic rings. The lowest BCUT2D eigenvalue weighted by molar-refractivity contribution is 0.0967. The molecule has 1 aromatic rings. The quantitative estimate of drug-likeness (QED) is 0.519. The molecule has 1 fully saturated rings. The number of hydrogen-bond acceptors (Lipinski definition) is 2. The van der Waals surface area contributed by atoms with Gasteiger partial charge in [0, 0.05) is 17.0 Å². The highest BCUT2D eigenvalue weighted by Crippen LogP contribution is 2.32. The highest BCUT2D eigenvalue weighted by molar-refractivity contribution is 6.00. The summed E-state index contributed by atoms with van der Waals surface area (Å²) < 4.78 is 0. The second kappa shape index (κ2) is 3.13. The second-order valence-corrected chi connectivity index (χ2v) is 3.38. The molecule has 0 atom stereocenters. The molecule has 2 nitrogen and oxygen atoms in total. The molecule has 1 saturated carbocycles. The minimum atomic E-state index is 0.184. The minimum absolute atomic E-state index is 0.184. The molecule has 0 unspecified atom stereocenters. The van der Waals surface area contributed by atoms with Gasteiger partial charge in [-0.1, -0.05) is 18.2 Å². The van der Waals surface area contributed by atoms with Gasteiger partial charge in [0.25, 0.3) is 0 Å². The summed E-state index contributed by atoms with van der Waals surface area (Å²) in [5, 5.41) is 0.